The number of hydrogen-bond donors (Lipinski definition) is 0. The van der Waals surface area contributed by atoms with Crippen molar-refractivity contribution in [1.82, 2.24) is 0 Å². The zero-order valence-corrected chi connectivity index (χ0v) is 7.10. The average molecular weight is 185 g/mol. The van der Waals surface area contributed by atoms with E-state index in [0.29, 0.717) is 11.5 Å². The van der Waals surface area contributed by atoms with Gasteiger partial charge < -0.3 is 4.74 Å². The summed E-state index contributed by atoms with van der Waals surface area (Å²) < 4.78 is 8.42. The van der Waals surface area contributed by atoms with Gasteiger partial charge in [0.15, 0.2) is 5.78 Å². The van der Waals surface area contributed by atoms with Crippen LogP contribution in [-0.2, 0) is 14.3 Å². The van der Waals surface area contributed by atoms with E-state index in [-0.39, 0.29) is 12.4 Å². The molecule has 4 nitrogen and oxygen atoms in total. The first-order chi connectivity index (χ1) is 5.74. The van der Waals surface area contributed by atoms with Crippen molar-refractivity contribution in [3.63, 3.8) is 0 Å². The highest BCUT2D eigenvalue weighted by Crippen LogP contribution is 2.11. The van der Waals surface area contributed by atoms with Crippen LogP contribution in [0, 0.1) is 0 Å². The fraction of sp³-hybridized carbons (Fsp3) is 0.286. The Bertz CT molecular complexity index is 259. The summed E-state index contributed by atoms with van der Waals surface area (Å²) in [6.45, 7) is 3.18. The van der Waals surface area contributed by atoms with E-state index in [2.05, 4.69) is 15.7 Å². The van der Waals surface area contributed by atoms with Crippen LogP contribution in [0.3, 0.4) is 0 Å². The normalized spacial score (nSPS) is 15.7. The molecule has 0 bridgehead atoms. The Balaban J connectivity index is 2.37. The Morgan fingerprint density at radius 3 is 3.08 bits per heavy atom. The van der Waals surface area contributed by atoms with Crippen molar-refractivity contribution < 1.29 is 14.3 Å². The molecule has 1 heterocycles. The molecule has 0 saturated carbocycles. The summed E-state index contributed by atoms with van der Waals surface area (Å²) in [5.74, 6) is -0.264. The maximum absolute atomic E-state index is 10.9. The van der Waals surface area contributed by atoms with E-state index in [9.17, 15) is 9.59 Å². The smallest absolute Gasteiger partial charge is 0.330 e. The van der Waals surface area contributed by atoms with Crippen LogP contribution >= 0.6 is 11.9 Å². The van der Waals surface area contributed by atoms with Gasteiger partial charge in [-0.3, -0.25) is 4.79 Å². The lowest BCUT2D eigenvalue weighted by Crippen LogP contribution is -2.19. The number of nitrogens with zero attached hydrogens (tertiary/aromatic N) is 1. The largest absolute Gasteiger partial charge is 0.456 e. The summed E-state index contributed by atoms with van der Waals surface area (Å²) in [5, 5.41) is 0. The molecule has 0 fully saturated rings. The SMILES string of the molecule is C=CC(=O)OCC1=NSCC1=O. The van der Waals surface area contributed by atoms with Crippen molar-refractivity contribution in [2.75, 3.05) is 12.4 Å². The molecule has 12 heavy (non-hydrogen) atoms. The van der Waals surface area contributed by atoms with Crippen LogP contribution in [0.25, 0.3) is 0 Å². The second kappa shape index (κ2) is 4.06. The molecule has 5 heteroatoms. The molecule has 0 unspecified atom stereocenters. The number of rotatable bonds is 3. The Morgan fingerprint density at radius 1 is 1.83 bits per heavy atom. The van der Waals surface area contributed by atoms with Crippen LogP contribution in [0.5, 0.6) is 0 Å². The molecule has 64 valence electrons. The molecule has 0 aromatic rings. The molecule has 0 saturated heterocycles. The molecule has 0 atom stereocenters. The zero-order chi connectivity index (χ0) is 8.97. The molecule has 0 N–H and O–H groups in total. The summed E-state index contributed by atoms with van der Waals surface area (Å²) in [7, 11) is 0. The molecule has 1 rings (SSSR count). The number of ether oxygens (including phenoxy) is 1. The third-order valence-electron chi connectivity index (χ3n) is 1.21. The Morgan fingerprint density at radius 2 is 2.58 bits per heavy atom. The third-order valence-corrected chi connectivity index (χ3v) is 1.95. The summed E-state index contributed by atoms with van der Waals surface area (Å²) in [4.78, 5) is 21.5. The molecular weight excluding hydrogens is 178 g/mol. The molecule has 1 aliphatic rings. The minimum Gasteiger partial charge on any atom is -0.456 e. The van der Waals surface area contributed by atoms with Crippen molar-refractivity contribution in [3.8, 4) is 0 Å². The van der Waals surface area contributed by atoms with Gasteiger partial charge in [0.25, 0.3) is 0 Å². The second-order valence-corrected chi connectivity index (χ2v) is 2.78. The van der Waals surface area contributed by atoms with E-state index in [1.165, 1.54) is 11.9 Å². The number of carbonyl (C=O) groups excluding carboxylic acids is 2. The second-order valence-electron chi connectivity index (χ2n) is 2.05. The van der Waals surface area contributed by atoms with Crippen LogP contribution in [0.1, 0.15) is 0 Å². The maximum atomic E-state index is 10.9. The van der Waals surface area contributed by atoms with Gasteiger partial charge >= 0.3 is 5.97 Å². The van der Waals surface area contributed by atoms with Crippen LogP contribution in [-0.4, -0.2) is 29.8 Å². The van der Waals surface area contributed by atoms with Crippen molar-refractivity contribution in [3.05, 3.63) is 12.7 Å². The molecule has 0 radical (unpaired) electrons. The van der Waals surface area contributed by atoms with Crippen molar-refractivity contribution in [2.24, 2.45) is 4.40 Å². The number of Topliss-reactive ketones (excluding diaryl/α,β-unsaturated/α-hetero) is 1. The molecule has 1 aliphatic heterocycles. The highest BCUT2D eigenvalue weighted by molar-refractivity contribution is 7.99. The first kappa shape index (κ1) is 8.99. The minimum atomic E-state index is -0.539. The zero-order valence-electron chi connectivity index (χ0n) is 6.28. The van der Waals surface area contributed by atoms with Gasteiger partial charge in [0.05, 0.1) is 5.75 Å². The Kier molecular flexibility index (Phi) is 3.04. The molecule has 0 amide bonds. The fourth-order valence-corrected chi connectivity index (χ4v) is 1.27. The topological polar surface area (TPSA) is 55.7 Å². The predicted octanol–water partition coefficient (Wildman–Crippen LogP) is 0.387. The average Bonchev–Trinajstić information content (AvgIpc) is 2.47. The van der Waals surface area contributed by atoms with E-state index in [1.807, 2.05) is 0 Å². The molecular formula is C7H7NO3S. The Hall–Kier alpha value is -1.10. The highest BCUT2D eigenvalue weighted by Gasteiger charge is 2.18. The molecule has 0 aromatic heterocycles. The number of ketones is 1. The van der Waals surface area contributed by atoms with Gasteiger partial charge in [0, 0.05) is 6.08 Å². The minimum absolute atomic E-state index is 0.0450. The summed E-state index contributed by atoms with van der Waals surface area (Å²) >= 11 is 1.17. The molecule has 0 aliphatic carbocycles. The highest BCUT2D eigenvalue weighted by atomic mass is 32.2. The lowest BCUT2D eigenvalue weighted by molar-refractivity contribution is -0.136. The monoisotopic (exact) mass is 185 g/mol. The van der Waals surface area contributed by atoms with Crippen LogP contribution < -0.4 is 0 Å². The van der Waals surface area contributed by atoms with Crippen LogP contribution in [0.4, 0.5) is 0 Å². The van der Waals surface area contributed by atoms with Crippen molar-refractivity contribution >= 4 is 29.4 Å². The van der Waals surface area contributed by atoms with Gasteiger partial charge in [0.1, 0.15) is 12.3 Å². The summed E-state index contributed by atoms with van der Waals surface area (Å²) in [5.41, 5.74) is 0.315. The third kappa shape index (κ3) is 2.20. The van der Waals surface area contributed by atoms with Crippen LogP contribution in [0.15, 0.2) is 17.1 Å². The van der Waals surface area contributed by atoms with Gasteiger partial charge in [-0.1, -0.05) is 6.58 Å². The van der Waals surface area contributed by atoms with E-state index < -0.39 is 5.97 Å². The standard InChI is InChI=1S/C7H7NO3S/c1-2-7(10)11-3-5-6(9)4-12-8-5/h2H,1,3-4H2. The maximum Gasteiger partial charge on any atom is 0.330 e. The van der Waals surface area contributed by atoms with Crippen LogP contribution in [0.2, 0.25) is 0 Å². The van der Waals surface area contributed by atoms with Crippen molar-refractivity contribution in [1.29, 1.82) is 0 Å². The van der Waals surface area contributed by atoms with Gasteiger partial charge in [-0.05, 0) is 11.9 Å². The lowest BCUT2D eigenvalue weighted by Gasteiger charge is -1.98. The predicted molar refractivity (Wildman–Crippen MR) is 46.1 cm³/mol. The van der Waals surface area contributed by atoms with E-state index in [1.54, 1.807) is 0 Å². The van der Waals surface area contributed by atoms with Gasteiger partial charge in [-0.25, -0.2) is 9.19 Å². The quantitative estimate of drug-likeness (QED) is 0.362. The Labute approximate surface area is 73.8 Å². The fourth-order valence-electron chi connectivity index (χ4n) is 0.608. The van der Waals surface area contributed by atoms with E-state index in [0.717, 1.165) is 6.08 Å². The summed E-state index contributed by atoms with van der Waals surface area (Å²) in [6, 6.07) is 0. The molecule has 0 aromatic carbocycles. The van der Waals surface area contributed by atoms with E-state index in [4.69, 9.17) is 0 Å². The number of hydrogen-bond acceptors (Lipinski definition) is 5. The number of esters is 1. The van der Waals surface area contributed by atoms with E-state index >= 15 is 0 Å². The lowest BCUT2D eigenvalue weighted by atomic mass is 10.3. The first-order valence-corrected chi connectivity index (χ1v) is 4.19. The van der Waals surface area contributed by atoms with Crippen molar-refractivity contribution in [2.45, 2.75) is 0 Å². The number of carbonyl (C=O) groups is 2. The molecule has 0 spiro atoms. The van der Waals surface area contributed by atoms with Gasteiger partial charge in [-0.15, -0.1) is 0 Å². The summed E-state index contributed by atoms with van der Waals surface area (Å²) in [6.07, 6.45) is 1.05. The van der Waals surface area contributed by atoms with Gasteiger partial charge in [-0.2, -0.15) is 0 Å². The van der Waals surface area contributed by atoms with Gasteiger partial charge in [0.2, 0.25) is 0 Å². The first-order valence-electron chi connectivity index (χ1n) is 3.25.